The molecule has 0 saturated carbocycles. The molecule has 0 spiro atoms. The van der Waals surface area contributed by atoms with Crippen LogP contribution < -0.4 is 0 Å². The van der Waals surface area contributed by atoms with Crippen molar-refractivity contribution in [2.75, 3.05) is 6.54 Å². The van der Waals surface area contributed by atoms with Gasteiger partial charge in [0.15, 0.2) is 0 Å². The Morgan fingerprint density at radius 2 is 2.18 bits per heavy atom. The fraction of sp³-hybridized carbons (Fsp3) is 0.727. The fourth-order valence-electron chi connectivity index (χ4n) is 1.52. The van der Waals surface area contributed by atoms with Crippen LogP contribution in [-0.2, 0) is 18.4 Å². The minimum absolute atomic E-state index is 0.0958. The van der Waals surface area contributed by atoms with E-state index in [2.05, 4.69) is 35.8 Å². The van der Waals surface area contributed by atoms with Crippen LogP contribution >= 0.6 is 0 Å². The third-order valence-electron chi connectivity index (χ3n) is 2.68. The quantitative estimate of drug-likeness (QED) is 0.827. The van der Waals surface area contributed by atoms with Gasteiger partial charge in [-0.05, 0) is 20.8 Å². The van der Waals surface area contributed by atoms with Gasteiger partial charge < -0.3 is 5.11 Å². The Hall–Kier alpha value is -1.43. The Labute approximate surface area is 101 Å². The molecular formula is C11H20N4O2. The van der Waals surface area contributed by atoms with Gasteiger partial charge >= 0.3 is 5.97 Å². The van der Waals surface area contributed by atoms with Gasteiger partial charge in [-0.15, -0.1) is 0 Å². The van der Waals surface area contributed by atoms with Crippen molar-refractivity contribution in [3.63, 3.8) is 0 Å². The molecule has 0 atom stereocenters. The van der Waals surface area contributed by atoms with Crippen molar-refractivity contribution in [1.82, 2.24) is 19.7 Å². The summed E-state index contributed by atoms with van der Waals surface area (Å²) in [7, 11) is 1.83. The maximum absolute atomic E-state index is 10.6. The van der Waals surface area contributed by atoms with E-state index in [1.165, 1.54) is 6.33 Å². The molecule has 0 aliphatic carbocycles. The molecule has 1 aromatic rings. The average Bonchev–Trinajstić information content (AvgIpc) is 2.56. The molecule has 1 rings (SSSR count). The van der Waals surface area contributed by atoms with Gasteiger partial charge in [0.05, 0.1) is 13.0 Å². The number of aliphatic carboxylic acids is 1. The number of aryl methyl sites for hydroxylation is 1. The summed E-state index contributed by atoms with van der Waals surface area (Å²) in [5.41, 5.74) is -0.0958. The average molecular weight is 240 g/mol. The molecule has 1 N–H and O–H groups in total. The van der Waals surface area contributed by atoms with E-state index in [9.17, 15) is 4.79 Å². The highest BCUT2D eigenvalue weighted by Crippen LogP contribution is 2.16. The monoisotopic (exact) mass is 240 g/mol. The number of hydrogen-bond donors (Lipinski definition) is 1. The summed E-state index contributed by atoms with van der Waals surface area (Å²) in [4.78, 5) is 16.9. The number of rotatable bonds is 5. The van der Waals surface area contributed by atoms with Gasteiger partial charge in [0.1, 0.15) is 12.2 Å². The Balaban J connectivity index is 2.71. The van der Waals surface area contributed by atoms with Crippen LogP contribution in [0.1, 0.15) is 33.0 Å². The van der Waals surface area contributed by atoms with Crippen molar-refractivity contribution in [2.24, 2.45) is 7.05 Å². The van der Waals surface area contributed by atoms with Crippen LogP contribution in [-0.4, -0.2) is 42.8 Å². The molecule has 0 saturated heterocycles. The summed E-state index contributed by atoms with van der Waals surface area (Å²) < 4.78 is 1.71. The van der Waals surface area contributed by atoms with Gasteiger partial charge in [0.2, 0.25) is 0 Å². The van der Waals surface area contributed by atoms with Crippen LogP contribution in [0.25, 0.3) is 0 Å². The zero-order valence-corrected chi connectivity index (χ0v) is 10.8. The number of aromatic nitrogens is 3. The van der Waals surface area contributed by atoms with Crippen molar-refractivity contribution in [3.8, 4) is 0 Å². The number of hydrogen-bond acceptors (Lipinski definition) is 4. The molecule has 6 nitrogen and oxygen atoms in total. The molecule has 0 aliphatic heterocycles. The van der Waals surface area contributed by atoms with E-state index < -0.39 is 5.97 Å². The first-order valence-electron chi connectivity index (χ1n) is 5.60. The molecule has 0 unspecified atom stereocenters. The zero-order chi connectivity index (χ0) is 13.1. The molecule has 96 valence electrons. The standard InChI is InChI=1S/C11H20N4O2/c1-11(2,3)15(6-5-10(16)17)7-9-12-8-13-14(9)4/h8H,5-7H2,1-4H3,(H,16,17). The minimum atomic E-state index is -0.780. The molecular weight excluding hydrogens is 220 g/mol. The zero-order valence-electron chi connectivity index (χ0n) is 10.8. The van der Waals surface area contributed by atoms with Crippen LogP contribution in [0, 0.1) is 0 Å². The van der Waals surface area contributed by atoms with Crippen LogP contribution in [0.4, 0.5) is 0 Å². The Morgan fingerprint density at radius 1 is 1.53 bits per heavy atom. The van der Waals surface area contributed by atoms with E-state index in [1.807, 2.05) is 7.05 Å². The highest BCUT2D eigenvalue weighted by molar-refractivity contribution is 5.66. The maximum Gasteiger partial charge on any atom is 0.304 e. The summed E-state index contributed by atoms with van der Waals surface area (Å²) in [5.74, 6) is 0.0579. The van der Waals surface area contributed by atoms with E-state index in [0.29, 0.717) is 13.1 Å². The largest absolute Gasteiger partial charge is 0.481 e. The number of nitrogens with zero attached hydrogens (tertiary/aromatic N) is 4. The molecule has 1 heterocycles. The second-order valence-corrected chi connectivity index (χ2v) is 5.04. The highest BCUT2D eigenvalue weighted by Gasteiger charge is 2.23. The van der Waals surface area contributed by atoms with Crippen molar-refractivity contribution in [1.29, 1.82) is 0 Å². The molecule has 1 aromatic heterocycles. The van der Waals surface area contributed by atoms with Gasteiger partial charge in [0.25, 0.3) is 0 Å². The summed E-state index contributed by atoms with van der Waals surface area (Å²) in [6.07, 6.45) is 1.64. The second-order valence-electron chi connectivity index (χ2n) is 5.04. The molecule has 6 heteroatoms. The number of carboxylic acids is 1. The van der Waals surface area contributed by atoms with E-state index >= 15 is 0 Å². The third-order valence-corrected chi connectivity index (χ3v) is 2.68. The molecule has 0 fully saturated rings. The molecule has 0 bridgehead atoms. The molecule has 0 aliphatic rings. The predicted octanol–water partition coefficient (Wildman–Crippen LogP) is 0.890. The summed E-state index contributed by atoms with van der Waals surface area (Å²) in [5, 5.41) is 12.8. The highest BCUT2D eigenvalue weighted by atomic mass is 16.4. The predicted molar refractivity (Wildman–Crippen MR) is 63.4 cm³/mol. The normalized spacial score (nSPS) is 12.1. The van der Waals surface area contributed by atoms with Crippen LogP contribution in [0.5, 0.6) is 0 Å². The van der Waals surface area contributed by atoms with Crippen molar-refractivity contribution >= 4 is 5.97 Å². The second kappa shape index (κ2) is 5.27. The lowest BCUT2D eigenvalue weighted by Gasteiger charge is -2.34. The molecule has 0 aromatic carbocycles. The smallest absolute Gasteiger partial charge is 0.304 e. The first kappa shape index (κ1) is 13.6. The van der Waals surface area contributed by atoms with Crippen molar-refractivity contribution in [2.45, 2.75) is 39.3 Å². The number of carboxylic acid groups (broad SMARTS) is 1. The topological polar surface area (TPSA) is 71.2 Å². The van der Waals surface area contributed by atoms with Gasteiger partial charge in [-0.1, -0.05) is 0 Å². The lowest BCUT2D eigenvalue weighted by Crippen LogP contribution is -2.42. The van der Waals surface area contributed by atoms with Gasteiger partial charge in [-0.2, -0.15) is 5.10 Å². The molecule has 0 amide bonds. The summed E-state index contributed by atoms with van der Waals surface area (Å²) in [6.45, 7) is 7.29. The molecule has 17 heavy (non-hydrogen) atoms. The minimum Gasteiger partial charge on any atom is -0.481 e. The maximum atomic E-state index is 10.6. The van der Waals surface area contributed by atoms with Crippen molar-refractivity contribution < 1.29 is 9.90 Å². The lowest BCUT2D eigenvalue weighted by atomic mass is 10.1. The van der Waals surface area contributed by atoms with Gasteiger partial charge in [0, 0.05) is 19.1 Å². The summed E-state index contributed by atoms with van der Waals surface area (Å²) >= 11 is 0. The van der Waals surface area contributed by atoms with Crippen LogP contribution in [0.15, 0.2) is 6.33 Å². The first-order chi connectivity index (χ1) is 7.80. The van der Waals surface area contributed by atoms with Gasteiger partial charge in [-0.25, -0.2) is 4.98 Å². The Kier molecular flexibility index (Phi) is 4.22. The van der Waals surface area contributed by atoms with Crippen molar-refractivity contribution in [3.05, 3.63) is 12.2 Å². The van der Waals surface area contributed by atoms with E-state index in [4.69, 9.17) is 5.11 Å². The van der Waals surface area contributed by atoms with Gasteiger partial charge in [-0.3, -0.25) is 14.4 Å². The molecule has 0 radical (unpaired) electrons. The number of carbonyl (C=O) groups is 1. The lowest BCUT2D eigenvalue weighted by molar-refractivity contribution is -0.137. The van der Waals surface area contributed by atoms with Crippen LogP contribution in [0.2, 0.25) is 0 Å². The fourth-order valence-corrected chi connectivity index (χ4v) is 1.52. The Morgan fingerprint density at radius 3 is 2.59 bits per heavy atom. The first-order valence-corrected chi connectivity index (χ1v) is 5.60. The van der Waals surface area contributed by atoms with E-state index in [0.717, 1.165) is 5.82 Å². The third kappa shape index (κ3) is 4.14. The Bertz CT molecular complexity index is 381. The van der Waals surface area contributed by atoms with E-state index in [-0.39, 0.29) is 12.0 Å². The SMILES string of the molecule is Cn1ncnc1CN(CCC(=O)O)C(C)(C)C. The van der Waals surface area contributed by atoms with E-state index in [1.54, 1.807) is 4.68 Å². The van der Waals surface area contributed by atoms with Crippen LogP contribution in [0.3, 0.4) is 0 Å². The summed E-state index contributed by atoms with van der Waals surface area (Å²) in [6, 6.07) is 0.